The zero-order chi connectivity index (χ0) is 38.2. The van der Waals surface area contributed by atoms with Crippen LogP contribution in [0.25, 0.3) is 11.0 Å². The molecule has 15 heteroatoms. The number of aromatic nitrogens is 2. The molecular formula is C40H52N6O8S. The van der Waals surface area contributed by atoms with Crippen molar-refractivity contribution in [3.8, 4) is 5.88 Å². The number of sulfonamides is 1. The van der Waals surface area contributed by atoms with Gasteiger partial charge in [0.25, 0.3) is 5.91 Å². The number of hydrogen-bond donors (Lipinski definition) is 3. The van der Waals surface area contributed by atoms with Crippen LogP contribution in [0.15, 0.2) is 36.4 Å². The molecule has 0 unspecified atom stereocenters. The number of aryl methyl sites for hydroxylation is 1. The van der Waals surface area contributed by atoms with Crippen LogP contribution in [0.2, 0.25) is 0 Å². The van der Waals surface area contributed by atoms with Gasteiger partial charge < -0.3 is 25.0 Å². The molecule has 296 valence electrons. The van der Waals surface area contributed by atoms with E-state index in [2.05, 4.69) is 15.4 Å². The number of rotatable bonds is 3. The molecule has 14 nitrogen and oxygen atoms in total. The summed E-state index contributed by atoms with van der Waals surface area (Å²) in [6.45, 7) is 0.0291. The number of benzene rings is 1. The number of ether oxygens (including phenoxy) is 2. The highest BCUT2D eigenvalue weighted by Crippen LogP contribution is 2.46. The summed E-state index contributed by atoms with van der Waals surface area (Å²) in [5.74, 6) is -1.58. The van der Waals surface area contributed by atoms with Gasteiger partial charge in [-0.1, -0.05) is 50.0 Å². The van der Waals surface area contributed by atoms with Crippen LogP contribution in [0.5, 0.6) is 5.88 Å². The summed E-state index contributed by atoms with van der Waals surface area (Å²) in [4.78, 5) is 67.6. The molecule has 1 aromatic heterocycles. The van der Waals surface area contributed by atoms with Gasteiger partial charge in [-0.05, 0) is 95.1 Å². The van der Waals surface area contributed by atoms with Gasteiger partial charge in [-0.2, -0.15) is 0 Å². The van der Waals surface area contributed by atoms with Gasteiger partial charge in [0.15, 0.2) is 0 Å². The second-order valence-electron chi connectivity index (χ2n) is 16.4. The van der Waals surface area contributed by atoms with E-state index in [0.717, 1.165) is 63.3 Å². The van der Waals surface area contributed by atoms with E-state index < -0.39 is 68.7 Å². The van der Waals surface area contributed by atoms with Crippen LogP contribution < -0.4 is 20.1 Å². The number of fused-ring (bicyclic) bond motifs is 6. The number of allylic oxidation sites excluding steroid dienone is 1. The number of hydrogen-bond acceptors (Lipinski definition) is 10. The highest BCUT2D eigenvalue weighted by molar-refractivity contribution is 7.91. The molecule has 1 saturated heterocycles. The average Bonchev–Trinajstić information content (AvgIpc) is 4.05. The average molecular weight is 777 g/mol. The molecule has 8 rings (SSSR count). The summed E-state index contributed by atoms with van der Waals surface area (Å²) in [5, 5.41) is 5.19. The maximum Gasteiger partial charge on any atom is 0.408 e. The van der Waals surface area contributed by atoms with E-state index in [9.17, 15) is 27.6 Å². The first kappa shape index (κ1) is 37.6. The Morgan fingerprint density at radius 3 is 2.47 bits per heavy atom. The van der Waals surface area contributed by atoms with Crippen molar-refractivity contribution in [3.05, 3.63) is 42.1 Å². The minimum atomic E-state index is -3.88. The van der Waals surface area contributed by atoms with Crippen molar-refractivity contribution in [1.29, 1.82) is 0 Å². The van der Waals surface area contributed by atoms with Crippen molar-refractivity contribution in [2.45, 2.75) is 144 Å². The number of nitrogens with one attached hydrogen (secondary N) is 3. The Labute approximate surface area is 322 Å². The van der Waals surface area contributed by atoms with E-state index in [4.69, 9.17) is 19.4 Å². The number of carbonyl (C=O) groups excluding carboxylic acids is 4. The van der Waals surface area contributed by atoms with Crippen molar-refractivity contribution in [3.63, 3.8) is 0 Å². The van der Waals surface area contributed by atoms with Crippen LogP contribution in [0.1, 0.15) is 108 Å². The van der Waals surface area contributed by atoms with E-state index in [1.807, 2.05) is 36.4 Å². The Bertz CT molecular complexity index is 1950. The lowest BCUT2D eigenvalue weighted by Crippen LogP contribution is -2.58. The molecule has 1 aromatic carbocycles. The Hall–Kier alpha value is -4.27. The van der Waals surface area contributed by atoms with Gasteiger partial charge in [-0.15, -0.1) is 0 Å². The maximum atomic E-state index is 14.7. The summed E-state index contributed by atoms with van der Waals surface area (Å²) in [7, 11) is -3.88. The largest absolute Gasteiger partial charge is 0.471 e. The summed E-state index contributed by atoms with van der Waals surface area (Å²) in [6.07, 6.45) is 14.1. The topological polar surface area (TPSA) is 186 Å². The van der Waals surface area contributed by atoms with Gasteiger partial charge in [-0.25, -0.2) is 23.2 Å². The Balaban J connectivity index is 1.13. The van der Waals surface area contributed by atoms with Gasteiger partial charge in [0.05, 0.1) is 22.8 Å². The molecule has 2 aromatic rings. The van der Waals surface area contributed by atoms with E-state index in [0.29, 0.717) is 55.6 Å². The lowest BCUT2D eigenvalue weighted by Gasteiger charge is -2.30. The first-order valence-electron chi connectivity index (χ1n) is 20.3. The van der Waals surface area contributed by atoms with Gasteiger partial charge in [0.1, 0.15) is 35.5 Å². The highest BCUT2D eigenvalue weighted by atomic mass is 32.2. The molecule has 3 saturated carbocycles. The summed E-state index contributed by atoms with van der Waals surface area (Å²) in [5.41, 5.74) is 0.659. The molecule has 55 heavy (non-hydrogen) atoms. The molecule has 4 amide bonds. The first-order chi connectivity index (χ1) is 26.6. The number of para-hydroxylation sites is 2. The molecule has 0 radical (unpaired) electrons. The number of amides is 4. The second kappa shape index (κ2) is 15.7. The highest BCUT2D eigenvalue weighted by Gasteiger charge is 2.62. The Morgan fingerprint density at radius 2 is 1.65 bits per heavy atom. The SMILES string of the molecule is O=C1N[C@H]2CCCCC/C=C\[C@@H]3C[C@@]3(C(=O)NS(=O)(=O)C3CC3)NC(=O)[C@@H]3C[C@H](CN3C2=O)Oc2nc3ccccc3nc2CCCCC[C@@H]2CCC[C@H]2O1. The smallest absolute Gasteiger partial charge is 0.408 e. The van der Waals surface area contributed by atoms with E-state index in [-0.39, 0.29) is 31.4 Å². The first-order valence-corrected chi connectivity index (χ1v) is 21.9. The zero-order valence-electron chi connectivity index (χ0n) is 31.2. The molecule has 3 aliphatic heterocycles. The van der Waals surface area contributed by atoms with Crippen LogP contribution in [0, 0.1) is 11.8 Å². The van der Waals surface area contributed by atoms with Crippen molar-refractivity contribution in [1.82, 2.24) is 30.2 Å². The third-order valence-electron chi connectivity index (χ3n) is 12.4. The van der Waals surface area contributed by atoms with Crippen molar-refractivity contribution in [2.75, 3.05) is 6.54 Å². The van der Waals surface area contributed by atoms with Crippen LogP contribution in [-0.2, 0) is 35.6 Å². The molecule has 4 heterocycles. The number of carbonyl (C=O) groups is 4. The van der Waals surface area contributed by atoms with Crippen LogP contribution in [0.3, 0.4) is 0 Å². The fraction of sp³-hybridized carbons (Fsp3) is 0.650. The maximum absolute atomic E-state index is 14.7. The van der Waals surface area contributed by atoms with E-state index in [1.54, 1.807) is 0 Å². The van der Waals surface area contributed by atoms with Crippen LogP contribution >= 0.6 is 0 Å². The quantitative estimate of drug-likeness (QED) is 0.379. The van der Waals surface area contributed by atoms with Gasteiger partial charge in [0, 0.05) is 12.3 Å². The minimum absolute atomic E-state index is 0.0291. The molecule has 3 aliphatic carbocycles. The van der Waals surface area contributed by atoms with E-state index in [1.165, 1.54) is 4.90 Å². The summed E-state index contributed by atoms with van der Waals surface area (Å²) in [6, 6.07) is 5.57. The fourth-order valence-corrected chi connectivity index (χ4v) is 10.3. The van der Waals surface area contributed by atoms with Crippen molar-refractivity contribution >= 4 is 44.9 Å². The third-order valence-corrected chi connectivity index (χ3v) is 14.2. The van der Waals surface area contributed by atoms with Crippen LogP contribution in [-0.4, -0.2) is 88.7 Å². The van der Waals surface area contributed by atoms with E-state index >= 15 is 0 Å². The van der Waals surface area contributed by atoms with Crippen molar-refractivity contribution in [2.24, 2.45) is 11.8 Å². The van der Waals surface area contributed by atoms with Gasteiger partial charge in [-0.3, -0.25) is 19.1 Å². The third kappa shape index (κ3) is 8.31. The standard InChI is InChI=1S/C40H52N6O8S/c47-35-33-22-27-24-46(33)37(48)32(18-7-3-1-2-6-14-26-23-40(26,44-35)38(49)45-55(51,52)28-20-21-28)43-39(50)54-34-19-11-13-25(34)12-5-4-8-17-31-36(53-27)42-30-16-10-9-15-29(30)41-31/h6,9-10,14-16,25-28,32-34H,1-5,7-8,11-13,17-24H2,(H,43,50)(H,44,47)(H,45,49)/b14-6-/t25-,26-,27-,32+,33+,34-,40-/m1/s1. The molecular weight excluding hydrogens is 725 g/mol. The molecule has 7 atom stereocenters. The molecule has 4 fully saturated rings. The monoisotopic (exact) mass is 776 g/mol. The predicted molar refractivity (Wildman–Crippen MR) is 202 cm³/mol. The summed E-state index contributed by atoms with van der Waals surface area (Å²) >= 11 is 0. The normalized spacial score (nSPS) is 32.8. The summed E-state index contributed by atoms with van der Waals surface area (Å²) < 4.78 is 40.6. The zero-order valence-corrected chi connectivity index (χ0v) is 32.1. The van der Waals surface area contributed by atoms with Gasteiger partial charge >= 0.3 is 6.09 Å². The van der Waals surface area contributed by atoms with Gasteiger partial charge in [0.2, 0.25) is 27.7 Å². The molecule has 3 bridgehead atoms. The molecule has 6 aliphatic rings. The Morgan fingerprint density at radius 1 is 0.891 bits per heavy atom. The number of nitrogens with zero attached hydrogens (tertiary/aromatic N) is 3. The second-order valence-corrected chi connectivity index (χ2v) is 18.4. The lowest BCUT2D eigenvalue weighted by atomic mass is 9.97. The van der Waals surface area contributed by atoms with Crippen molar-refractivity contribution < 1.29 is 37.1 Å². The fourth-order valence-electron chi connectivity index (χ4n) is 8.96. The minimum Gasteiger partial charge on any atom is -0.471 e. The predicted octanol–water partition coefficient (Wildman–Crippen LogP) is 4.36. The number of alkyl carbamates (subject to hydrolysis) is 1. The Kier molecular flexibility index (Phi) is 10.7. The van der Waals surface area contributed by atoms with Crippen LogP contribution in [0.4, 0.5) is 4.79 Å². The molecule has 0 spiro atoms. The lowest BCUT2D eigenvalue weighted by molar-refractivity contribution is -0.141. The molecule has 3 N–H and O–H groups in total.